The first-order valence-corrected chi connectivity index (χ1v) is 11.4. The number of H-pyrrole nitrogens is 1. The summed E-state index contributed by atoms with van der Waals surface area (Å²) in [6, 6.07) is 14.1. The monoisotopic (exact) mass is 428 g/mol. The van der Waals surface area contributed by atoms with Gasteiger partial charge < -0.3 is 0 Å². The zero-order chi connectivity index (χ0) is 21.4. The zero-order valence-electron chi connectivity index (χ0n) is 17.6. The highest BCUT2D eigenvalue weighted by molar-refractivity contribution is 8.00. The lowest BCUT2D eigenvalue weighted by Gasteiger charge is -2.01. The summed E-state index contributed by atoms with van der Waals surface area (Å²) in [5, 5.41) is 6.30. The van der Waals surface area contributed by atoms with Gasteiger partial charge in [0.15, 0.2) is 11.6 Å². The third-order valence-electron chi connectivity index (χ3n) is 4.20. The van der Waals surface area contributed by atoms with Crippen LogP contribution in [0, 0.1) is 18.8 Å². The van der Waals surface area contributed by atoms with E-state index in [9.17, 15) is 9.59 Å². The van der Waals surface area contributed by atoms with E-state index < -0.39 is 0 Å². The predicted octanol–water partition coefficient (Wildman–Crippen LogP) is 6.44. The van der Waals surface area contributed by atoms with Gasteiger partial charge in [-0.05, 0) is 24.6 Å². The maximum atomic E-state index is 12.1. The molecule has 154 valence electrons. The molecule has 0 aliphatic rings. The quantitative estimate of drug-likeness (QED) is 0.348. The molecule has 0 aliphatic heterocycles. The number of nitrogens with one attached hydrogen (secondary N) is 1. The molecule has 1 N–H and O–H groups in total. The van der Waals surface area contributed by atoms with Crippen molar-refractivity contribution in [3.05, 3.63) is 70.4 Å². The zero-order valence-corrected chi connectivity index (χ0v) is 19.2. The van der Waals surface area contributed by atoms with E-state index in [2.05, 4.69) is 40.5 Å². The van der Waals surface area contributed by atoms with E-state index in [1.54, 1.807) is 35.4 Å². The molecule has 1 aromatic carbocycles. The van der Waals surface area contributed by atoms with Crippen LogP contribution in [-0.4, -0.2) is 21.8 Å². The molecule has 2 heterocycles. The summed E-state index contributed by atoms with van der Waals surface area (Å²) < 4.78 is 1.23. The Morgan fingerprint density at radius 2 is 1.69 bits per heavy atom. The second-order valence-corrected chi connectivity index (χ2v) is 9.85. The molecule has 0 fully saturated rings. The number of rotatable bonds is 7. The third kappa shape index (κ3) is 6.98. The molecule has 0 amide bonds. The van der Waals surface area contributed by atoms with Crippen molar-refractivity contribution >= 4 is 34.7 Å². The fraction of sp³-hybridized carbons (Fsp3) is 0.348. The van der Waals surface area contributed by atoms with E-state index in [4.69, 9.17) is 0 Å². The van der Waals surface area contributed by atoms with Crippen LogP contribution in [0.2, 0.25) is 0 Å². The minimum absolute atomic E-state index is 0.0421. The lowest BCUT2D eigenvalue weighted by Crippen LogP contribution is -2.07. The van der Waals surface area contributed by atoms with Crippen LogP contribution in [0.4, 0.5) is 0 Å². The number of aromatic amines is 1. The van der Waals surface area contributed by atoms with Crippen molar-refractivity contribution in [1.82, 2.24) is 10.2 Å². The predicted molar refractivity (Wildman–Crippen MR) is 122 cm³/mol. The summed E-state index contributed by atoms with van der Waals surface area (Å²) >= 11 is 3.53. The molecule has 0 bridgehead atoms. The van der Waals surface area contributed by atoms with Gasteiger partial charge >= 0.3 is 0 Å². The number of hydrogen-bond donors (Lipinski definition) is 1. The molecule has 29 heavy (non-hydrogen) atoms. The number of Topliss-reactive ketones (excluding diaryl/α,β-unsaturated/α-hetero) is 2. The van der Waals surface area contributed by atoms with Gasteiger partial charge in [-0.25, -0.2) is 0 Å². The number of thioether (sulfide) groups is 1. The van der Waals surface area contributed by atoms with Gasteiger partial charge in [0.05, 0.1) is 4.21 Å². The summed E-state index contributed by atoms with van der Waals surface area (Å²) in [6.07, 6.45) is 1.58. The van der Waals surface area contributed by atoms with E-state index in [-0.39, 0.29) is 23.4 Å². The van der Waals surface area contributed by atoms with Crippen LogP contribution in [0.25, 0.3) is 0 Å². The smallest absolute Gasteiger partial charge is 0.183 e. The van der Waals surface area contributed by atoms with Crippen LogP contribution < -0.4 is 0 Å². The first-order valence-electron chi connectivity index (χ1n) is 9.64. The summed E-state index contributed by atoms with van der Waals surface area (Å²) in [7, 11) is 0. The van der Waals surface area contributed by atoms with Gasteiger partial charge in [0.2, 0.25) is 0 Å². The third-order valence-corrected chi connectivity index (χ3v) is 6.53. The number of benzene rings is 1. The molecule has 0 saturated heterocycles. The van der Waals surface area contributed by atoms with Crippen LogP contribution in [0.5, 0.6) is 0 Å². The number of aryl methyl sites for hydroxylation is 1. The molecular weight excluding hydrogens is 400 g/mol. The Morgan fingerprint density at radius 3 is 2.24 bits per heavy atom. The summed E-state index contributed by atoms with van der Waals surface area (Å²) in [6.45, 7) is 9.67. The van der Waals surface area contributed by atoms with E-state index in [1.165, 1.54) is 9.77 Å². The number of ketones is 2. The number of hydrogen-bond acceptors (Lipinski definition) is 5. The molecule has 0 spiro atoms. The summed E-state index contributed by atoms with van der Waals surface area (Å²) in [5.41, 5.74) is 2.81. The van der Waals surface area contributed by atoms with E-state index in [0.717, 1.165) is 16.2 Å². The average Bonchev–Trinajstić information content (AvgIpc) is 3.36. The van der Waals surface area contributed by atoms with Crippen LogP contribution in [0.3, 0.4) is 0 Å². The van der Waals surface area contributed by atoms with Crippen molar-refractivity contribution in [2.75, 3.05) is 0 Å². The van der Waals surface area contributed by atoms with Crippen LogP contribution in [0.1, 0.15) is 59.0 Å². The largest absolute Gasteiger partial charge is 0.294 e. The fourth-order valence-electron chi connectivity index (χ4n) is 2.51. The van der Waals surface area contributed by atoms with E-state index >= 15 is 0 Å². The minimum Gasteiger partial charge on any atom is -0.294 e. The van der Waals surface area contributed by atoms with Gasteiger partial charge in [0.25, 0.3) is 0 Å². The number of thiophene rings is 1. The van der Waals surface area contributed by atoms with Crippen LogP contribution in [0.15, 0.2) is 52.9 Å². The van der Waals surface area contributed by atoms with Crippen molar-refractivity contribution in [2.45, 2.75) is 44.6 Å². The second kappa shape index (κ2) is 11.1. The number of nitrogens with zero attached hydrogens (tertiary/aromatic N) is 1. The Kier molecular flexibility index (Phi) is 8.86. The Bertz CT molecular complexity index is 914. The van der Waals surface area contributed by atoms with Gasteiger partial charge in [-0.2, -0.15) is 5.10 Å². The summed E-state index contributed by atoms with van der Waals surface area (Å²) in [5.74, 6) is 1.43. The fourth-order valence-corrected chi connectivity index (χ4v) is 4.75. The topological polar surface area (TPSA) is 62.8 Å². The SMILES string of the molecule is CC(C)C(=O)c1ccn[nH]1.Cc1sc(SCc2ccccc2)cc1C(=O)C(C)C. The lowest BCUT2D eigenvalue weighted by molar-refractivity contribution is 0.0929. The maximum absolute atomic E-state index is 12.1. The van der Waals surface area contributed by atoms with Gasteiger partial charge in [0.1, 0.15) is 5.69 Å². The Labute approximate surface area is 181 Å². The van der Waals surface area contributed by atoms with E-state index in [1.807, 2.05) is 40.7 Å². The summed E-state index contributed by atoms with van der Waals surface area (Å²) in [4.78, 5) is 24.3. The standard InChI is InChI=1S/C16H18OS2.C7H10N2O/c1-11(2)16(17)14-9-15(19-12(14)3)18-10-13-7-5-4-6-8-13;1-5(2)7(10)6-3-4-8-9-6/h4-9,11H,10H2,1-3H3;3-5H,1-2H3,(H,8,9). The van der Waals surface area contributed by atoms with Crippen molar-refractivity contribution < 1.29 is 9.59 Å². The van der Waals surface area contributed by atoms with Crippen molar-refractivity contribution in [2.24, 2.45) is 11.8 Å². The Morgan fingerprint density at radius 1 is 1.03 bits per heavy atom. The van der Waals surface area contributed by atoms with Crippen molar-refractivity contribution in [3.8, 4) is 0 Å². The molecular formula is C23H28N2O2S2. The number of carbonyl (C=O) groups excluding carboxylic acids is 2. The Balaban J connectivity index is 0.000000253. The molecule has 0 aliphatic carbocycles. The molecule has 3 rings (SSSR count). The first kappa shape index (κ1) is 23.1. The highest BCUT2D eigenvalue weighted by atomic mass is 32.2. The number of carbonyl (C=O) groups is 2. The molecule has 6 heteroatoms. The van der Waals surface area contributed by atoms with Gasteiger partial charge in [-0.1, -0.05) is 58.0 Å². The van der Waals surface area contributed by atoms with Crippen LogP contribution in [-0.2, 0) is 5.75 Å². The highest BCUT2D eigenvalue weighted by Gasteiger charge is 2.16. The lowest BCUT2D eigenvalue weighted by atomic mass is 10.0. The molecule has 0 atom stereocenters. The number of aromatic nitrogens is 2. The molecule has 0 radical (unpaired) electrons. The average molecular weight is 429 g/mol. The van der Waals surface area contributed by atoms with Gasteiger partial charge in [-0.15, -0.1) is 23.1 Å². The van der Waals surface area contributed by atoms with Crippen LogP contribution >= 0.6 is 23.1 Å². The molecule has 4 nitrogen and oxygen atoms in total. The normalized spacial score (nSPS) is 10.7. The van der Waals surface area contributed by atoms with E-state index in [0.29, 0.717) is 5.69 Å². The molecule has 0 unspecified atom stereocenters. The van der Waals surface area contributed by atoms with Gasteiger partial charge in [-0.3, -0.25) is 14.7 Å². The highest BCUT2D eigenvalue weighted by Crippen LogP contribution is 2.33. The molecule has 0 saturated carbocycles. The van der Waals surface area contributed by atoms with Crippen molar-refractivity contribution in [1.29, 1.82) is 0 Å². The second-order valence-electron chi connectivity index (χ2n) is 7.32. The molecule has 3 aromatic rings. The van der Waals surface area contributed by atoms with Gasteiger partial charge in [0, 0.05) is 34.2 Å². The van der Waals surface area contributed by atoms with Crippen molar-refractivity contribution in [3.63, 3.8) is 0 Å². The Hall–Kier alpha value is -2.18. The first-order chi connectivity index (χ1) is 13.8. The minimum atomic E-state index is 0.0421. The maximum Gasteiger partial charge on any atom is 0.183 e. The molecule has 2 aromatic heterocycles.